The fourth-order valence-corrected chi connectivity index (χ4v) is 9.04. The summed E-state index contributed by atoms with van der Waals surface area (Å²) in [6.45, 7) is 4.87. The van der Waals surface area contributed by atoms with Gasteiger partial charge in [-0.3, -0.25) is 33.4 Å². The lowest BCUT2D eigenvalue weighted by atomic mass is 10.1. The molecular weight excluding hydrogens is 821 g/mol. The predicted octanol–water partition coefficient (Wildman–Crippen LogP) is 3.57. The number of ether oxygens (including phenoxy) is 4. The molecular formula is C43H54N8O10S. The van der Waals surface area contributed by atoms with Crippen molar-refractivity contribution in [1.82, 2.24) is 33.7 Å². The van der Waals surface area contributed by atoms with Crippen LogP contribution in [0.3, 0.4) is 0 Å². The van der Waals surface area contributed by atoms with Gasteiger partial charge in [-0.25, -0.2) is 22.9 Å². The number of imidazole rings is 1. The number of amides is 2. The van der Waals surface area contributed by atoms with Gasteiger partial charge in [0, 0.05) is 56.0 Å². The topological polar surface area (TPSA) is 216 Å². The lowest BCUT2D eigenvalue weighted by molar-refractivity contribution is -0.135. The molecule has 0 radical (unpaired) electrons. The zero-order chi connectivity index (χ0) is 43.6. The van der Waals surface area contributed by atoms with Gasteiger partial charge in [0.25, 0.3) is 5.56 Å². The Morgan fingerprint density at radius 3 is 2.23 bits per heavy atom. The Kier molecular flexibility index (Phi) is 14.9. The Labute approximate surface area is 359 Å². The molecule has 1 saturated carbocycles. The highest BCUT2D eigenvalue weighted by atomic mass is 32.2. The number of hydrogen-bond acceptors (Lipinski definition) is 13. The first-order valence-electron chi connectivity index (χ1n) is 21.1. The van der Waals surface area contributed by atoms with Crippen LogP contribution in [-0.4, -0.2) is 103 Å². The minimum Gasteiger partial charge on any atom is -0.379 e. The number of aryl methyl sites for hydroxylation is 3. The second kappa shape index (κ2) is 20.7. The predicted molar refractivity (Wildman–Crippen MR) is 231 cm³/mol. The smallest absolute Gasteiger partial charge is 0.329 e. The van der Waals surface area contributed by atoms with Gasteiger partial charge in [0.1, 0.15) is 11.7 Å². The van der Waals surface area contributed by atoms with Gasteiger partial charge >= 0.3 is 5.69 Å². The molecule has 0 spiro atoms. The fourth-order valence-electron chi connectivity index (χ4n) is 7.94. The summed E-state index contributed by atoms with van der Waals surface area (Å²) >= 11 is 0. The second-order valence-corrected chi connectivity index (χ2v) is 17.3. The molecule has 3 aromatic heterocycles. The van der Waals surface area contributed by atoms with E-state index in [9.17, 15) is 27.6 Å². The molecule has 2 fully saturated rings. The molecule has 1 saturated heterocycles. The van der Waals surface area contributed by atoms with E-state index in [1.165, 1.54) is 15.2 Å². The fraction of sp³-hybridized carbons (Fsp3) is 0.488. The maximum Gasteiger partial charge on any atom is 0.329 e. The number of carbonyl (C=O) groups is 2. The average molecular weight is 875 g/mol. The molecule has 0 bridgehead atoms. The van der Waals surface area contributed by atoms with Crippen LogP contribution in [0.2, 0.25) is 0 Å². The van der Waals surface area contributed by atoms with E-state index in [-0.39, 0.29) is 47.7 Å². The number of nitrogens with zero attached hydrogens (tertiary/aromatic N) is 5. The number of pyridine rings is 1. The summed E-state index contributed by atoms with van der Waals surface area (Å²) in [6, 6.07) is 13.2. The van der Waals surface area contributed by atoms with Crippen LogP contribution in [0.4, 0.5) is 11.6 Å². The molecule has 62 heavy (non-hydrogen) atoms. The van der Waals surface area contributed by atoms with E-state index in [0.29, 0.717) is 81.0 Å². The summed E-state index contributed by atoms with van der Waals surface area (Å²) in [5.41, 5.74) is 3.99. The van der Waals surface area contributed by atoms with Crippen molar-refractivity contribution in [3.63, 3.8) is 0 Å². The van der Waals surface area contributed by atoms with Crippen molar-refractivity contribution in [1.29, 1.82) is 0 Å². The Morgan fingerprint density at radius 2 is 1.52 bits per heavy atom. The van der Waals surface area contributed by atoms with Gasteiger partial charge in [-0.2, -0.15) is 4.98 Å². The SMILES string of the molecule is Cc1cc(S(=O)(=O)NCCOCCOCCOCCOCCCc2ccc3c(c2)n(C)c(=O)n3C2CCC(=O)NC2=O)ccc1Nc1ncc2ccc(=O)n(C3CCCC3)c2n1. The van der Waals surface area contributed by atoms with Crippen LogP contribution in [-0.2, 0) is 52.0 Å². The average Bonchev–Trinajstić information content (AvgIpc) is 3.87. The van der Waals surface area contributed by atoms with Crippen molar-refractivity contribution in [3.8, 4) is 0 Å². The van der Waals surface area contributed by atoms with Gasteiger partial charge in [0.05, 0.1) is 62.2 Å². The summed E-state index contributed by atoms with van der Waals surface area (Å²) in [5, 5.41) is 6.29. The van der Waals surface area contributed by atoms with Crippen LogP contribution in [0.15, 0.2) is 69.2 Å². The molecule has 2 aromatic carbocycles. The van der Waals surface area contributed by atoms with E-state index in [1.54, 1.807) is 49.0 Å². The van der Waals surface area contributed by atoms with Gasteiger partial charge in [-0.05, 0) is 86.6 Å². The molecule has 3 N–H and O–H groups in total. The van der Waals surface area contributed by atoms with Crippen molar-refractivity contribution in [2.24, 2.45) is 7.05 Å². The van der Waals surface area contributed by atoms with Gasteiger partial charge < -0.3 is 24.3 Å². The second-order valence-electron chi connectivity index (χ2n) is 15.5. The maximum absolute atomic E-state index is 13.0. The first-order chi connectivity index (χ1) is 30.0. The third-order valence-corrected chi connectivity index (χ3v) is 12.7. The summed E-state index contributed by atoms with van der Waals surface area (Å²) in [4.78, 5) is 59.0. The summed E-state index contributed by atoms with van der Waals surface area (Å²) in [6.07, 6.45) is 7.76. The zero-order valence-electron chi connectivity index (χ0n) is 35.1. The Bertz CT molecular complexity index is 2620. The Morgan fingerprint density at radius 1 is 0.806 bits per heavy atom. The first-order valence-corrected chi connectivity index (χ1v) is 22.6. The molecule has 2 amide bonds. The number of hydrogen-bond donors (Lipinski definition) is 3. The number of piperidine rings is 1. The lowest BCUT2D eigenvalue weighted by Gasteiger charge is -2.21. The highest BCUT2D eigenvalue weighted by Gasteiger charge is 2.31. The van der Waals surface area contributed by atoms with Crippen molar-refractivity contribution >= 4 is 55.5 Å². The van der Waals surface area contributed by atoms with E-state index >= 15 is 0 Å². The van der Waals surface area contributed by atoms with E-state index in [2.05, 4.69) is 25.3 Å². The molecule has 7 rings (SSSR count). The number of anilines is 2. The molecule has 2 aliphatic rings. The number of nitrogens with one attached hydrogen (secondary N) is 3. The third kappa shape index (κ3) is 10.8. The number of aromatic nitrogens is 5. The number of sulfonamides is 1. The molecule has 1 aliphatic carbocycles. The van der Waals surface area contributed by atoms with Crippen LogP contribution in [0.5, 0.6) is 0 Å². The third-order valence-electron chi connectivity index (χ3n) is 11.2. The van der Waals surface area contributed by atoms with Crippen LogP contribution in [0, 0.1) is 6.92 Å². The molecule has 1 aliphatic heterocycles. The van der Waals surface area contributed by atoms with Gasteiger partial charge in [0.15, 0.2) is 0 Å². The number of rotatable bonds is 22. The van der Waals surface area contributed by atoms with E-state index in [4.69, 9.17) is 18.9 Å². The van der Waals surface area contributed by atoms with E-state index < -0.39 is 22.0 Å². The minimum atomic E-state index is -3.78. The number of fused-ring (bicyclic) bond motifs is 2. The highest BCUT2D eigenvalue weighted by Crippen LogP contribution is 2.31. The normalized spacial score (nSPS) is 16.1. The van der Waals surface area contributed by atoms with Crippen LogP contribution in [0.1, 0.15) is 68.2 Å². The lowest BCUT2D eigenvalue weighted by Crippen LogP contribution is -2.44. The zero-order valence-corrected chi connectivity index (χ0v) is 35.9. The van der Waals surface area contributed by atoms with E-state index in [1.807, 2.05) is 18.2 Å². The summed E-state index contributed by atoms with van der Waals surface area (Å²) < 4.78 is 55.7. The Balaban J connectivity index is 0.726. The van der Waals surface area contributed by atoms with Crippen molar-refractivity contribution < 1.29 is 37.0 Å². The molecule has 1 atom stereocenters. The number of benzene rings is 2. The van der Waals surface area contributed by atoms with Gasteiger partial charge in [-0.15, -0.1) is 0 Å². The Hall–Kier alpha value is -5.31. The van der Waals surface area contributed by atoms with Crippen LogP contribution >= 0.6 is 0 Å². The van der Waals surface area contributed by atoms with Crippen molar-refractivity contribution in [3.05, 3.63) is 86.7 Å². The van der Waals surface area contributed by atoms with Crippen LogP contribution in [0.25, 0.3) is 22.1 Å². The first kappa shape index (κ1) is 44.7. The highest BCUT2D eigenvalue weighted by molar-refractivity contribution is 7.89. The summed E-state index contributed by atoms with van der Waals surface area (Å²) in [5.74, 6) is -0.452. The standard InChI is InChI=1S/C43H54N8O10S/c1-29-26-33(11-12-34(29)46-42-44-28-31-10-16-39(53)50(40(31)48-42)32-7-3-4-8-32)62(56,57)45-17-19-59-21-23-61-25-24-60-22-20-58-18-5-6-30-9-13-35-37(27-30)49(2)43(55)51(35)36-14-15-38(52)47-41(36)54/h9-13,16,26-28,32,36,45H,3-8,14-15,17-25H2,1-2H3,(H,44,46,48)(H,47,52,54). The van der Waals surface area contributed by atoms with Gasteiger partial charge in [0.2, 0.25) is 27.8 Å². The number of imide groups is 1. The maximum atomic E-state index is 13.0. The van der Waals surface area contributed by atoms with Crippen molar-refractivity contribution in [2.45, 2.75) is 75.3 Å². The van der Waals surface area contributed by atoms with Crippen LogP contribution < -0.4 is 26.6 Å². The molecule has 18 nitrogen and oxygen atoms in total. The molecule has 1 unspecified atom stereocenters. The van der Waals surface area contributed by atoms with Gasteiger partial charge in [-0.1, -0.05) is 18.9 Å². The molecule has 19 heteroatoms. The summed E-state index contributed by atoms with van der Waals surface area (Å²) in [7, 11) is -2.10. The van der Waals surface area contributed by atoms with Crippen molar-refractivity contribution in [2.75, 3.05) is 64.7 Å². The molecule has 332 valence electrons. The monoisotopic (exact) mass is 874 g/mol. The minimum absolute atomic E-state index is 0.0784. The number of carbonyl (C=O) groups excluding carboxylic acids is 2. The quantitative estimate of drug-likeness (QED) is 0.0671. The molecule has 5 aromatic rings. The molecule has 4 heterocycles. The largest absolute Gasteiger partial charge is 0.379 e. The van der Waals surface area contributed by atoms with E-state index in [0.717, 1.165) is 55.0 Å².